The average Bonchev–Trinajstić information content (AvgIpc) is 2.01. The molecule has 0 saturated carbocycles. The fraction of sp³-hybridized carbons (Fsp3) is 0.429. The van der Waals surface area contributed by atoms with E-state index in [4.69, 9.17) is 10.7 Å². The van der Waals surface area contributed by atoms with Crippen molar-refractivity contribution >= 4 is 19.7 Å². The zero-order valence-corrected chi connectivity index (χ0v) is 8.94. The van der Waals surface area contributed by atoms with Crippen molar-refractivity contribution in [2.75, 3.05) is 7.05 Å². The summed E-state index contributed by atoms with van der Waals surface area (Å²) in [6.45, 7) is 4.72. The monoisotopic (exact) mass is 227 g/mol. The van der Waals surface area contributed by atoms with E-state index in [0.29, 0.717) is 0 Å². The lowest BCUT2D eigenvalue weighted by Crippen LogP contribution is -2.32. The van der Waals surface area contributed by atoms with Gasteiger partial charge in [0.15, 0.2) is 11.3 Å². The molecule has 0 saturated heterocycles. The third kappa shape index (κ3) is 3.36. The molecule has 0 aliphatic rings. The van der Waals surface area contributed by atoms with Crippen LogP contribution < -0.4 is 0 Å². The zero-order chi connectivity index (χ0) is 10.6. The second kappa shape index (κ2) is 4.62. The minimum atomic E-state index is -3.87. The molecule has 0 radical (unpaired) electrons. The van der Waals surface area contributed by atoms with Crippen LogP contribution in [0.5, 0.6) is 0 Å². The van der Waals surface area contributed by atoms with Gasteiger partial charge in [-0.3, -0.25) is 0 Å². The molecule has 0 aliphatic heterocycles. The summed E-state index contributed by atoms with van der Waals surface area (Å²) in [4.78, 5) is 0.884. The van der Waals surface area contributed by atoms with E-state index in [0.717, 1.165) is 17.1 Å². The van der Waals surface area contributed by atoms with Crippen LogP contribution >= 0.6 is 10.7 Å². The quantitative estimate of drug-likeness (QED) is 0.418. The molecule has 0 aliphatic carbocycles. The number of likely N-dealkylation sites (N-methyl/N-ethyl adjacent to an activating group) is 1. The molecule has 0 fully saturated rings. The van der Waals surface area contributed by atoms with Crippen molar-refractivity contribution in [3.63, 3.8) is 0 Å². The Labute approximate surface area is 81.9 Å². The van der Waals surface area contributed by atoms with Gasteiger partial charge < -0.3 is 4.90 Å². The van der Waals surface area contributed by atoms with Crippen LogP contribution in [0, 0.1) is 0 Å². The third-order valence-corrected chi connectivity index (χ3v) is 3.08. The number of hydrogen-bond acceptors (Lipinski definition) is 3. The second-order valence-electron chi connectivity index (χ2n) is 2.32. The van der Waals surface area contributed by atoms with Crippen LogP contribution in [0.1, 0.15) is 6.92 Å². The van der Waals surface area contributed by atoms with E-state index in [1.54, 1.807) is 0 Å². The lowest BCUT2D eigenvalue weighted by atomic mass is 10.5. The Morgan fingerprint density at radius 1 is 1.69 bits per heavy atom. The van der Waals surface area contributed by atoms with Crippen molar-refractivity contribution in [1.82, 2.24) is 4.90 Å². The first kappa shape index (κ1) is 12.4. The zero-order valence-electron chi connectivity index (χ0n) is 7.37. The summed E-state index contributed by atoms with van der Waals surface area (Å²) < 4.78 is 34.7. The van der Waals surface area contributed by atoms with Gasteiger partial charge in [0.2, 0.25) is 0 Å². The van der Waals surface area contributed by atoms with E-state index in [9.17, 15) is 12.8 Å². The Hall–Kier alpha value is -0.550. The molecule has 0 rings (SSSR count). The smallest absolute Gasteiger partial charge is 0.257 e. The summed E-state index contributed by atoms with van der Waals surface area (Å²) in [5, 5.41) is -1.25. The maximum absolute atomic E-state index is 12.9. The minimum absolute atomic E-state index is 0.672. The molecular weight excluding hydrogens is 217 g/mol. The second-order valence-corrected chi connectivity index (χ2v) is 5.05. The number of rotatable bonds is 4. The predicted octanol–water partition coefficient (Wildman–Crippen LogP) is 1.83. The largest absolute Gasteiger partial charge is 0.331 e. The molecule has 6 heteroatoms. The molecule has 0 heterocycles. The molecule has 0 aromatic heterocycles. The van der Waals surface area contributed by atoms with Gasteiger partial charge in [-0.2, -0.15) is 4.39 Å². The highest BCUT2D eigenvalue weighted by atomic mass is 35.7. The molecule has 0 amide bonds. The number of allylic oxidation sites excluding steroid dienone is 1. The van der Waals surface area contributed by atoms with E-state index < -0.39 is 20.4 Å². The Bertz CT molecular complexity index is 312. The van der Waals surface area contributed by atoms with Crippen LogP contribution in [0.25, 0.3) is 0 Å². The Balaban J connectivity index is 4.92. The van der Waals surface area contributed by atoms with Crippen molar-refractivity contribution in [3.8, 4) is 0 Å². The lowest BCUT2D eigenvalue weighted by Gasteiger charge is -2.22. The molecular formula is C7H11ClFNO2S. The van der Waals surface area contributed by atoms with Crippen LogP contribution in [0.15, 0.2) is 24.7 Å². The summed E-state index contributed by atoms with van der Waals surface area (Å²) >= 11 is 0. The van der Waals surface area contributed by atoms with E-state index in [1.807, 2.05) is 0 Å². The minimum Gasteiger partial charge on any atom is -0.331 e. The Morgan fingerprint density at radius 2 is 2.15 bits per heavy atom. The van der Waals surface area contributed by atoms with Gasteiger partial charge in [-0.1, -0.05) is 12.7 Å². The molecule has 3 nitrogen and oxygen atoms in total. The molecule has 76 valence electrons. The molecule has 13 heavy (non-hydrogen) atoms. The van der Waals surface area contributed by atoms with Gasteiger partial charge in [0.1, 0.15) is 0 Å². The van der Waals surface area contributed by atoms with E-state index in [-0.39, 0.29) is 0 Å². The molecule has 1 atom stereocenters. The highest BCUT2D eigenvalue weighted by Crippen LogP contribution is 2.17. The van der Waals surface area contributed by atoms with Crippen LogP contribution in [0.3, 0.4) is 0 Å². The Morgan fingerprint density at radius 3 is 2.38 bits per heavy atom. The van der Waals surface area contributed by atoms with Gasteiger partial charge in [-0.25, -0.2) is 8.42 Å². The van der Waals surface area contributed by atoms with Crippen molar-refractivity contribution in [3.05, 3.63) is 24.7 Å². The van der Waals surface area contributed by atoms with Crippen molar-refractivity contribution < 1.29 is 12.8 Å². The van der Waals surface area contributed by atoms with Crippen molar-refractivity contribution in [2.45, 2.75) is 12.3 Å². The van der Waals surface area contributed by atoms with Gasteiger partial charge in [0.05, 0.1) is 0 Å². The fourth-order valence-corrected chi connectivity index (χ4v) is 2.07. The first-order valence-electron chi connectivity index (χ1n) is 3.45. The number of halogens is 2. The van der Waals surface area contributed by atoms with Crippen LogP contribution in [0.4, 0.5) is 4.39 Å². The summed E-state index contributed by atoms with van der Waals surface area (Å²) in [7, 11) is 2.47. The van der Waals surface area contributed by atoms with Gasteiger partial charge >= 0.3 is 0 Å². The first-order valence-corrected chi connectivity index (χ1v) is 5.82. The van der Waals surface area contributed by atoms with Gasteiger partial charge in [-0.15, -0.1) is 0 Å². The molecule has 0 N–H and O–H groups in total. The van der Waals surface area contributed by atoms with Gasteiger partial charge in [-0.05, 0) is 13.0 Å². The van der Waals surface area contributed by atoms with Gasteiger partial charge in [0.25, 0.3) is 9.05 Å². The first-order chi connectivity index (χ1) is 5.84. The van der Waals surface area contributed by atoms with E-state index in [2.05, 4.69) is 6.58 Å². The third-order valence-electron chi connectivity index (χ3n) is 1.45. The molecule has 0 bridgehead atoms. The fourth-order valence-electron chi connectivity index (χ4n) is 0.787. The number of nitrogens with zero attached hydrogens (tertiary/aromatic N) is 1. The average molecular weight is 228 g/mol. The maximum atomic E-state index is 12.9. The van der Waals surface area contributed by atoms with Crippen LogP contribution in [-0.4, -0.2) is 25.7 Å². The van der Waals surface area contributed by atoms with E-state index in [1.165, 1.54) is 14.0 Å². The highest BCUT2D eigenvalue weighted by molar-refractivity contribution is 8.14. The molecule has 0 aromatic rings. The van der Waals surface area contributed by atoms with E-state index >= 15 is 0 Å². The SMILES string of the molecule is C=CC(N(C)/C(F)=C\C)S(=O)(=O)Cl. The Kier molecular flexibility index (Phi) is 4.43. The molecule has 0 spiro atoms. The number of hydrogen-bond donors (Lipinski definition) is 0. The summed E-state index contributed by atoms with van der Waals surface area (Å²) in [6.07, 6.45) is 2.20. The van der Waals surface area contributed by atoms with Crippen molar-refractivity contribution in [2.24, 2.45) is 0 Å². The summed E-state index contributed by atoms with van der Waals surface area (Å²) in [5.41, 5.74) is 0. The standard InChI is InChI=1S/C7H11ClFNO2S/c1-4-6(9)10(3)7(5-2)13(8,11)12/h4-5,7H,2H2,1,3H3/b6-4-. The maximum Gasteiger partial charge on any atom is 0.257 e. The van der Waals surface area contributed by atoms with Gasteiger partial charge in [0, 0.05) is 17.7 Å². The van der Waals surface area contributed by atoms with Crippen LogP contribution in [0.2, 0.25) is 0 Å². The van der Waals surface area contributed by atoms with Crippen molar-refractivity contribution in [1.29, 1.82) is 0 Å². The lowest BCUT2D eigenvalue weighted by molar-refractivity contribution is 0.320. The normalized spacial score (nSPS) is 15.2. The molecule has 0 aromatic carbocycles. The summed E-state index contributed by atoms with van der Waals surface area (Å²) in [5.74, 6) is -0.672. The van der Waals surface area contributed by atoms with Crippen LogP contribution in [-0.2, 0) is 9.05 Å². The topological polar surface area (TPSA) is 37.4 Å². The summed E-state index contributed by atoms with van der Waals surface area (Å²) in [6, 6.07) is 0. The molecule has 1 unspecified atom stereocenters. The predicted molar refractivity (Wildman–Crippen MR) is 51.4 cm³/mol. The highest BCUT2D eigenvalue weighted by Gasteiger charge is 2.25.